The lowest BCUT2D eigenvalue weighted by Crippen LogP contribution is -1.99. The van der Waals surface area contributed by atoms with Crippen molar-refractivity contribution in [2.75, 3.05) is 7.11 Å². The van der Waals surface area contributed by atoms with Crippen LogP contribution >= 0.6 is 0 Å². The SMILES string of the molecule is COc1ccc([N+](=O)[O-])cc1OCc1cc(-c2ccccc2)on1. The zero-order valence-electron chi connectivity index (χ0n) is 12.8. The molecule has 24 heavy (non-hydrogen) atoms. The van der Waals surface area contributed by atoms with Gasteiger partial charge in [0.15, 0.2) is 17.3 Å². The topological polar surface area (TPSA) is 87.6 Å². The maximum Gasteiger partial charge on any atom is 0.273 e. The number of nitrogens with zero attached hydrogens (tertiary/aromatic N) is 2. The van der Waals surface area contributed by atoms with Crippen LogP contribution in [-0.4, -0.2) is 17.2 Å². The third kappa shape index (κ3) is 3.35. The number of nitro groups is 1. The Morgan fingerprint density at radius 1 is 1.12 bits per heavy atom. The molecule has 0 atom stereocenters. The number of hydrogen-bond donors (Lipinski definition) is 0. The van der Waals surface area contributed by atoms with E-state index in [2.05, 4.69) is 5.16 Å². The number of non-ortho nitro benzene ring substituents is 1. The second-order valence-corrected chi connectivity index (χ2v) is 4.93. The largest absolute Gasteiger partial charge is 0.493 e. The number of rotatable bonds is 6. The number of benzene rings is 2. The maximum absolute atomic E-state index is 10.9. The number of ether oxygens (including phenoxy) is 2. The van der Waals surface area contributed by atoms with Crippen molar-refractivity contribution in [1.29, 1.82) is 0 Å². The van der Waals surface area contributed by atoms with Gasteiger partial charge in [0, 0.05) is 17.7 Å². The van der Waals surface area contributed by atoms with Gasteiger partial charge < -0.3 is 14.0 Å². The van der Waals surface area contributed by atoms with E-state index < -0.39 is 4.92 Å². The molecule has 1 aromatic heterocycles. The molecule has 7 heteroatoms. The second kappa shape index (κ2) is 6.82. The average molecular weight is 326 g/mol. The molecule has 7 nitrogen and oxygen atoms in total. The van der Waals surface area contributed by atoms with Gasteiger partial charge in [0.05, 0.1) is 18.1 Å². The highest BCUT2D eigenvalue weighted by molar-refractivity contribution is 5.57. The van der Waals surface area contributed by atoms with Crippen molar-refractivity contribution >= 4 is 5.69 Å². The van der Waals surface area contributed by atoms with Gasteiger partial charge >= 0.3 is 0 Å². The van der Waals surface area contributed by atoms with Gasteiger partial charge in [-0.15, -0.1) is 0 Å². The summed E-state index contributed by atoms with van der Waals surface area (Å²) in [6, 6.07) is 15.5. The highest BCUT2D eigenvalue weighted by Gasteiger charge is 2.14. The van der Waals surface area contributed by atoms with Crippen LogP contribution in [0.15, 0.2) is 59.1 Å². The molecule has 0 spiro atoms. The first-order chi connectivity index (χ1) is 11.7. The Morgan fingerprint density at radius 2 is 1.92 bits per heavy atom. The van der Waals surface area contributed by atoms with Crippen molar-refractivity contribution in [3.63, 3.8) is 0 Å². The van der Waals surface area contributed by atoms with Gasteiger partial charge in [0.25, 0.3) is 5.69 Å². The molecule has 1 heterocycles. The van der Waals surface area contributed by atoms with Crippen LogP contribution < -0.4 is 9.47 Å². The number of hydrogen-bond acceptors (Lipinski definition) is 6. The Labute approximate surface area is 137 Å². The molecule has 3 aromatic rings. The number of aromatic nitrogens is 1. The molecule has 0 radical (unpaired) electrons. The molecule has 0 amide bonds. The predicted octanol–water partition coefficient (Wildman–Crippen LogP) is 3.84. The summed E-state index contributed by atoms with van der Waals surface area (Å²) >= 11 is 0. The zero-order valence-corrected chi connectivity index (χ0v) is 12.8. The molecule has 0 aliphatic heterocycles. The van der Waals surface area contributed by atoms with Gasteiger partial charge in [0.2, 0.25) is 0 Å². The van der Waals surface area contributed by atoms with E-state index in [0.29, 0.717) is 17.2 Å². The highest BCUT2D eigenvalue weighted by Crippen LogP contribution is 2.32. The Bertz CT molecular complexity index is 845. The third-order valence-electron chi connectivity index (χ3n) is 3.35. The van der Waals surface area contributed by atoms with E-state index in [0.717, 1.165) is 5.56 Å². The van der Waals surface area contributed by atoms with Gasteiger partial charge in [-0.3, -0.25) is 10.1 Å². The van der Waals surface area contributed by atoms with Crippen molar-refractivity contribution in [2.45, 2.75) is 6.61 Å². The molecule has 0 saturated carbocycles. The van der Waals surface area contributed by atoms with E-state index in [1.807, 2.05) is 30.3 Å². The van der Waals surface area contributed by atoms with Crippen LogP contribution in [0.4, 0.5) is 5.69 Å². The van der Waals surface area contributed by atoms with E-state index in [1.54, 1.807) is 6.07 Å². The molecule has 0 saturated heterocycles. The lowest BCUT2D eigenvalue weighted by atomic mass is 10.2. The molecule has 3 rings (SSSR count). The van der Waals surface area contributed by atoms with Crippen molar-refractivity contribution < 1.29 is 18.9 Å². The fraction of sp³-hybridized carbons (Fsp3) is 0.118. The van der Waals surface area contributed by atoms with Crippen LogP contribution in [0.2, 0.25) is 0 Å². The van der Waals surface area contributed by atoms with E-state index in [-0.39, 0.29) is 18.0 Å². The minimum Gasteiger partial charge on any atom is -0.493 e. The quantitative estimate of drug-likeness (QED) is 0.505. The van der Waals surface area contributed by atoms with E-state index in [1.165, 1.54) is 25.3 Å². The van der Waals surface area contributed by atoms with Crippen molar-refractivity contribution in [3.8, 4) is 22.8 Å². The van der Waals surface area contributed by atoms with Crippen molar-refractivity contribution in [3.05, 3.63) is 70.4 Å². The summed E-state index contributed by atoms with van der Waals surface area (Å²) in [6.07, 6.45) is 0. The van der Waals surface area contributed by atoms with Gasteiger partial charge in [0.1, 0.15) is 12.3 Å². The van der Waals surface area contributed by atoms with Crippen LogP contribution in [-0.2, 0) is 6.61 Å². The van der Waals surface area contributed by atoms with Gasteiger partial charge in [-0.25, -0.2) is 0 Å². The normalized spacial score (nSPS) is 10.4. The molecular formula is C17H14N2O5. The standard InChI is InChI=1S/C17H14N2O5/c1-22-15-8-7-14(19(20)21)10-17(15)23-11-13-9-16(24-18-13)12-5-3-2-4-6-12/h2-10H,11H2,1H3. The zero-order chi connectivity index (χ0) is 16.9. The maximum atomic E-state index is 10.9. The second-order valence-electron chi connectivity index (χ2n) is 4.93. The summed E-state index contributed by atoms with van der Waals surface area (Å²) in [4.78, 5) is 10.4. The summed E-state index contributed by atoms with van der Waals surface area (Å²) in [5, 5.41) is 14.8. The Hall–Kier alpha value is -3.35. The molecule has 0 fully saturated rings. The lowest BCUT2D eigenvalue weighted by Gasteiger charge is -2.08. The van der Waals surface area contributed by atoms with Gasteiger partial charge in [-0.2, -0.15) is 0 Å². The smallest absolute Gasteiger partial charge is 0.273 e. The molecule has 0 bridgehead atoms. The molecule has 122 valence electrons. The minimum absolute atomic E-state index is 0.0732. The fourth-order valence-electron chi connectivity index (χ4n) is 2.16. The monoisotopic (exact) mass is 326 g/mol. The van der Waals surface area contributed by atoms with E-state index >= 15 is 0 Å². The summed E-state index contributed by atoms with van der Waals surface area (Å²) in [5.41, 5.74) is 1.41. The first-order valence-electron chi connectivity index (χ1n) is 7.13. The Morgan fingerprint density at radius 3 is 2.62 bits per heavy atom. The van der Waals surface area contributed by atoms with Crippen LogP contribution in [0.5, 0.6) is 11.5 Å². The van der Waals surface area contributed by atoms with Crippen molar-refractivity contribution in [1.82, 2.24) is 5.16 Å². The molecule has 0 unspecified atom stereocenters. The Balaban J connectivity index is 1.75. The lowest BCUT2D eigenvalue weighted by molar-refractivity contribution is -0.385. The van der Waals surface area contributed by atoms with Crippen LogP contribution in [0.3, 0.4) is 0 Å². The number of nitro benzene ring substituents is 1. The van der Waals surface area contributed by atoms with Crippen LogP contribution in [0, 0.1) is 10.1 Å². The van der Waals surface area contributed by atoms with Crippen molar-refractivity contribution in [2.24, 2.45) is 0 Å². The molecular weight excluding hydrogens is 312 g/mol. The first-order valence-corrected chi connectivity index (χ1v) is 7.13. The van der Waals surface area contributed by atoms with Crippen LogP contribution in [0.25, 0.3) is 11.3 Å². The van der Waals surface area contributed by atoms with Gasteiger partial charge in [-0.1, -0.05) is 35.5 Å². The molecule has 0 N–H and O–H groups in total. The highest BCUT2D eigenvalue weighted by atomic mass is 16.6. The Kier molecular flexibility index (Phi) is 4.42. The first kappa shape index (κ1) is 15.5. The average Bonchev–Trinajstić information content (AvgIpc) is 3.09. The van der Waals surface area contributed by atoms with Crippen LogP contribution in [0.1, 0.15) is 5.69 Å². The fourth-order valence-corrected chi connectivity index (χ4v) is 2.16. The van der Waals surface area contributed by atoms with E-state index in [4.69, 9.17) is 14.0 Å². The number of methoxy groups -OCH3 is 1. The summed E-state index contributed by atoms with van der Waals surface area (Å²) in [7, 11) is 1.47. The predicted molar refractivity (Wildman–Crippen MR) is 85.9 cm³/mol. The summed E-state index contributed by atoms with van der Waals surface area (Å²) in [6.45, 7) is 0.105. The third-order valence-corrected chi connectivity index (χ3v) is 3.35. The minimum atomic E-state index is -0.490. The summed E-state index contributed by atoms with van der Waals surface area (Å²) < 4.78 is 16.0. The molecule has 2 aromatic carbocycles. The van der Waals surface area contributed by atoms with Gasteiger partial charge in [-0.05, 0) is 6.07 Å². The molecule has 0 aliphatic rings. The summed E-state index contributed by atoms with van der Waals surface area (Å²) in [5.74, 6) is 1.31. The molecule has 0 aliphatic carbocycles. The van der Waals surface area contributed by atoms with E-state index in [9.17, 15) is 10.1 Å².